The molecule has 0 spiro atoms. The molecule has 13 rings (SSSR count). The Balaban J connectivity index is 0.00000219. The number of furan rings is 1. The summed E-state index contributed by atoms with van der Waals surface area (Å²) in [6, 6.07) is 75.7. The molecule has 0 bridgehead atoms. The van der Waals surface area contributed by atoms with Crippen LogP contribution in [0.5, 0.6) is 0 Å². The summed E-state index contributed by atoms with van der Waals surface area (Å²) in [6.45, 7) is 4.00. The van der Waals surface area contributed by atoms with Gasteiger partial charge in [-0.2, -0.15) is 0 Å². The van der Waals surface area contributed by atoms with Gasteiger partial charge in [0.2, 0.25) is 0 Å². The van der Waals surface area contributed by atoms with Crippen molar-refractivity contribution in [3.05, 3.63) is 219 Å². The zero-order valence-electron chi connectivity index (χ0n) is 36.0. The summed E-state index contributed by atoms with van der Waals surface area (Å²) in [6.07, 6.45) is 1.82. The molecule has 5 aromatic heterocycles. The van der Waals surface area contributed by atoms with Crippen molar-refractivity contribution in [2.75, 3.05) is 0 Å². The largest absolute Gasteiger partial charge is 0.454 e. The molecule has 0 fully saturated rings. The Kier molecular flexibility index (Phi) is 9.20. The number of fused-ring (bicyclic) bond motifs is 9. The molecule has 0 amide bonds. The average molecular weight is 835 g/mol. The zero-order valence-corrected chi connectivity index (χ0v) is 36.0. The molecule has 0 saturated carbocycles. The third-order valence-corrected chi connectivity index (χ3v) is 12.5. The number of hydrogen-bond donors (Lipinski definition) is 0. The van der Waals surface area contributed by atoms with E-state index in [0.29, 0.717) is 0 Å². The third kappa shape index (κ3) is 6.39. The van der Waals surface area contributed by atoms with Crippen molar-refractivity contribution in [3.63, 3.8) is 0 Å². The fourth-order valence-electron chi connectivity index (χ4n) is 9.62. The smallest absolute Gasteiger partial charge is 0.153 e. The molecule has 5 heterocycles. The van der Waals surface area contributed by atoms with Crippen molar-refractivity contribution < 1.29 is 4.42 Å². The van der Waals surface area contributed by atoms with E-state index >= 15 is 0 Å². The van der Waals surface area contributed by atoms with E-state index in [0.717, 1.165) is 100 Å². The van der Waals surface area contributed by atoms with Crippen LogP contribution in [0.25, 0.3) is 122 Å². The second-order valence-electron chi connectivity index (χ2n) is 16.2. The highest BCUT2D eigenvalue weighted by Gasteiger charge is 2.18. The van der Waals surface area contributed by atoms with E-state index in [-0.39, 0.29) is 0 Å². The summed E-state index contributed by atoms with van der Waals surface area (Å²) in [4.78, 5) is 9.93. The van der Waals surface area contributed by atoms with Crippen molar-refractivity contribution in [2.24, 2.45) is 0 Å². The van der Waals surface area contributed by atoms with Crippen molar-refractivity contribution in [1.29, 1.82) is 0 Å². The molecule has 0 saturated heterocycles. The van der Waals surface area contributed by atoms with Gasteiger partial charge < -0.3 is 13.6 Å². The highest BCUT2D eigenvalue weighted by molar-refractivity contribution is 6.13. The van der Waals surface area contributed by atoms with Crippen molar-refractivity contribution in [2.45, 2.75) is 13.8 Å². The predicted octanol–water partition coefficient (Wildman–Crippen LogP) is 16.3. The lowest BCUT2D eigenvalue weighted by molar-refractivity contribution is 0.668. The Morgan fingerprint density at radius 3 is 1.72 bits per heavy atom. The first-order valence-electron chi connectivity index (χ1n) is 22.3. The maximum Gasteiger partial charge on any atom is 0.153 e. The van der Waals surface area contributed by atoms with E-state index < -0.39 is 0 Å². The van der Waals surface area contributed by atoms with E-state index in [4.69, 9.17) is 9.40 Å². The zero-order chi connectivity index (χ0) is 43.4. The topological polar surface area (TPSA) is 48.8 Å². The molecule has 65 heavy (non-hydrogen) atoms. The maximum atomic E-state index is 6.14. The molecule has 0 atom stereocenters. The summed E-state index contributed by atoms with van der Waals surface area (Å²) in [5.41, 5.74) is 17.9. The minimum atomic E-state index is 0.795. The molecule has 308 valence electrons. The van der Waals surface area contributed by atoms with Crippen LogP contribution in [-0.2, 0) is 0 Å². The fourth-order valence-corrected chi connectivity index (χ4v) is 9.62. The van der Waals surface area contributed by atoms with Crippen molar-refractivity contribution in [1.82, 2.24) is 19.1 Å². The second kappa shape index (κ2) is 15.7. The fraction of sp³-hybridized carbons (Fsp3) is 0.0333. The Hall–Kier alpha value is -8.54. The molecule has 0 aliphatic rings. The van der Waals surface area contributed by atoms with Gasteiger partial charge in [-0.3, -0.25) is 4.98 Å². The normalized spacial score (nSPS) is 11.5. The van der Waals surface area contributed by atoms with Crippen LogP contribution in [-0.4, -0.2) is 19.1 Å². The van der Waals surface area contributed by atoms with Crippen LogP contribution in [0.4, 0.5) is 0 Å². The van der Waals surface area contributed by atoms with E-state index in [2.05, 4.69) is 208 Å². The van der Waals surface area contributed by atoms with Gasteiger partial charge in [0.15, 0.2) is 5.58 Å². The number of rotatable bonds is 6. The Labute approximate surface area is 376 Å². The van der Waals surface area contributed by atoms with Crippen LogP contribution in [0.15, 0.2) is 223 Å². The van der Waals surface area contributed by atoms with E-state index in [1.54, 1.807) is 0 Å². The van der Waals surface area contributed by atoms with Crippen LogP contribution >= 0.6 is 0 Å². The summed E-state index contributed by atoms with van der Waals surface area (Å²) >= 11 is 0. The number of pyridine rings is 2. The lowest BCUT2D eigenvalue weighted by Crippen LogP contribution is -1.96. The molecular weight excluding hydrogens is 793 g/mol. The first-order chi connectivity index (χ1) is 32.2. The molecule has 0 N–H and O–H groups in total. The van der Waals surface area contributed by atoms with Gasteiger partial charge >= 0.3 is 0 Å². The Morgan fingerprint density at radius 1 is 0.338 bits per heavy atom. The molecule has 5 heteroatoms. The molecule has 0 aliphatic carbocycles. The standard InChI is InChI=1S/C58H36N4O.C2H6/c1-3-13-37(14-4-1)42-33-50(38-15-5-2-6-16-38)60-51(34-42)41-17-11-18-43(31-41)62-52-21-9-7-19-45(52)47-27-24-40(35-55(47)62)39-25-28-54-48(32-39)46-20-8-10-22-53(46)61(54)44-26-29-56-49(36-44)58-57(63-56)23-12-30-59-58;1-2/h1-36H;1-2H3. The van der Waals surface area contributed by atoms with Crippen LogP contribution in [0.1, 0.15) is 13.8 Å². The van der Waals surface area contributed by atoms with E-state index in [1.165, 1.54) is 21.5 Å². The summed E-state index contributed by atoms with van der Waals surface area (Å²) in [7, 11) is 0. The van der Waals surface area contributed by atoms with Gasteiger partial charge in [-0.1, -0.05) is 141 Å². The Bertz CT molecular complexity index is 3860. The highest BCUT2D eigenvalue weighted by atomic mass is 16.3. The summed E-state index contributed by atoms with van der Waals surface area (Å²) in [5, 5.41) is 5.85. The quantitative estimate of drug-likeness (QED) is 0.168. The minimum Gasteiger partial charge on any atom is -0.454 e. The van der Waals surface area contributed by atoms with Gasteiger partial charge in [-0.15, -0.1) is 0 Å². The van der Waals surface area contributed by atoms with Gasteiger partial charge in [0.25, 0.3) is 0 Å². The molecule has 5 nitrogen and oxygen atoms in total. The lowest BCUT2D eigenvalue weighted by atomic mass is 10.00. The number of nitrogens with zero attached hydrogens (tertiary/aromatic N) is 4. The summed E-state index contributed by atoms with van der Waals surface area (Å²) in [5.74, 6) is 0. The number of aromatic nitrogens is 4. The van der Waals surface area contributed by atoms with Crippen molar-refractivity contribution >= 4 is 65.7 Å². The van der Waals surface area contributed by atoms with Crippen LogP contribution in [0.3, 0.4) is 0 Å². The molecule has 0 unspecified atom stereocenters. The van der Waals surface area contributed by atoms with Crippen LogP contribution in [0, 0.1) is 0 Å². The molecule has 8 aromatic carbocycles. The SMILES string of the molecule is CC.c1ccc(-c2cc(-c3ccccc3)nc(-c3cccc(-n4c5ccccc5c5ccc(-c6ccc7c(c6)c6ccccc6n7-c6ccc7oc8cccnc8c7c6)cc54)c3)c2)cc1. The maximum absolute atomic E-state index is 6.14. The molecule has 13 aromatic rings. The van der Waals surface area contributed by atoms with Gasteiger partial charge in [0.1, 0.15) is 11.1 Å². The Morgan fingerprint density at radius 2 is 0.938 bits per heavy atom. The first kappa shape index (κ1) is 38.2. The van der Waals surface area contributed by atoms with Gasteiger partial charge in [0.05, 0.1) is 33.5 Å². The highest BCUT2D eigenvalue weighted by Crippen LogP contribution is 2.40. The number of benzene rings is 8. The van der Waals surface area contributed by atoms with Gasteiger partial charge in [-0.25, -0.2) is 4.98 Å². The molecule has 0 aliphatic heterocycles. The first-order valence-corrected chi connectivity index (χ1v) is 22.3. The van der Waals surface area contributed by atoms with Gasteiger partial charge in [0, 0.05) is 55.6 Å². The lowest BCUT2D eigenvalue weighted by Gasteiger charge is -2.13. The number of hydrogen-bond acceptors (Lipinski definition) is 3. The molecular formula is C60H42N4O. The second-order valence-corrected chi connectivity index (χ2v) is 16.2. The monoisotopic (exact) mass is 834 g/mol. The summed E-state index contributed by atoms with van der Waals surface area (Å²) < 4.78 is 10.9. The van der Waals surface area contributed by atoms with E-state index in [9.17, 15) is 0 Å². The van der Waals surface area contributed by atoms with Crippen molar-refractivity contribution in [3.8, 4) is 56.1 Å². The van der Waals surface area contributed by atoms with Crippen LogP contribution in [0.2, 0.25) is 0 Å². The molecule has 0 radical (unpaired) electrons. The predicted molar refractivity (Wildman–Crippen MR) is 271 cm³/mol. The van der Waals surface area contributed by atoms with Gasteiger partial charge in [-0.05, 0) is 107 Å². The average Bonchev–Trinajstić information content (AvgIpc) is 4.04. The van der Waals surface area contributed by atoms with Crippen LogP contribution < -0.4 is 0 Å². The van der Waals surface area contributed by atoms with E-state index in [1.807, 2.05) is 38.2 Å². The number of para-hydroxylation sites is 2. The minimum absolute atomic E-state index is 0.795. The third-order valence-electron chi connectivity index (χ3n) is 12.5.